The van der Waals surface area contributed by atoms with Crippen molar-refractivity contribution in [3.05, 3.63) is 35.1 Å². The second kappa shape index (κ2) is 6.23. The highest BCUT2D eigenvalue weighted by atomic mass is 35.5. The number of nitrogens with zero attached hydrogens (tertiary/aromatic N) is 3. The van der Waals surface area contributed by atoms with Crippen molar-refractivity contribution in [1.82, 2.24) is 14.8 Å². The van der Waals surface area contributed by atoms with Crippen molar-refractivity contribution in [3.8, 4) is 0 Å². The Morgan fingerprint density at radius 2 is 2.24 bits per heavy atom. The minimum atomic E-state index is -0.522. The number of benzene rings is 1. The highest BCUT2D eigenvalue weighted by molar-refractivity contribution is 6.33. The predicted octanol–water partition coefficient (Wildman–Crippen LogP) is 0.939. The molecule has 1 aromatic carbocycles. The maximum Gasteiger partial charge on any atom is 0.337 e. The van der Waals surface area contributed by atoms with Crippen LogP contribution in [-0.4, -0.2) is 33.8 Å². The van der Waals surface area contributed by atoms with Gasteiger partial charge in [0.25, 0.3) is 0 Å². The van der Waals surface area contributed by atoms with Gasteiger partial charge < -0.3 is 15.8 Å². The van der Waals surface area contributed by atoms with Gasteiger partial charge >= 0.3 is 5.97 Å². The van der Waals surface area contributed by atoms with E-state index < -0.39 is 5.97 Å². The fraction of sp³-hybridized carbons (Fsp3) is 0.167. The summed E-state index contributed by atoms with van der Waals surface area (Å²) in [5, 5.41) is 6.67. The lowest BCUT2D eigenvalue weighted by molar-refractivity contribution is -0.116. The van der Waals surface area contributed by atoms with E-state index in [9.17, 15) is 9.59 Å². The van der Waals surface area contributed by atoms with Crippen LogP contribution in [0.5, 0.6) is 0 Å². The third-order valence-corrected chi connectivity index (χ3v) is 2.85. The van der Waals surface area contributed by atoms with Gasteiger partial charge in [-0.3, -0.25) is 4.79 Å². The molecule has 1 aromatic heterocycles. The number of aromatic nitrogens is 3. The van der Waals surface area contributed by atoms with Crippen LogP contribution in [0.2, 0.25) is 5.02 Å². The number of carbonyl (C=O) groups is 2. The van der Waals surface area contributed by atoms with Crippen molar-refractivity contribution in [2.24, 2.45) is 0 Å². The Balaban J connectivity index is 2.11. The molecule has 2 aromatic rings. The molecule has 9 heteroatoms. The van der Waals surface area contributed by atoms with Gasteiger partial charge in [0.2, 0.25) is 11.9 Å². The van der Waals surface area contributed by atoms with Gasteiger partial charge in [0.1, 0.15) is 12.9 Å². The summed E-state index contributed by atoms with van der Waals surface area (Å²) in [6.07, 6.45) is 1.33. The number of nitrogens with one attached hydrogen (secondary N) is 1. The zero-order valence-corrected chi connectivity index (χ0v) is 11.8. The molecule has 2 rings (SSSR count). The van der Waals surface area contributed by atoms with Crippen LogP contribution >= 0.6 is 11.6 Å². The molecular weight excluding hydrogens is 298 g/mol. The van der Waals surface area contributed by atoms with Gasteiger partial charge in [0, 0.05) is 0 Å². The average Bonchev–Trinajstić information content (AvgIpc) is 2.85. The van der Waals surface area contributed by atoms with Crippen molar-refractivity contribution in [2.75, 3.05) is 18.2 Å². The maximum atomic E-state index is 11.9. The van der Waals surface area contributed by atoms with E-state index in [1.807, 2.05) is 0 Å². The quantitative estimate of drug-likeness (QED) is 0.813. The van der Waals surface area contributed by atoms with Crippen LogP contribution in [0.25, 0.3) is 0 Å². The van der Waals surface area contributed by atoms with E-state index in [1.165, 1.54) is 36.3 Å². The summed E-state index contributed by atoms with van der Waals surface area (Å²) in [7, 11) is 1.27. The highest BCUT2D eigenvalue weighted by Gasteiger charge is 2.12. The van der Waals surface area contributed by atoms with Crippen LogP contribution < -0.4 is 11.1 Å². The van der Waals surface area contributed by atoms with E-state index in [1.54, 1.807) is 0 Å². The second-order valence-electron chi connectivity index (χ2n) is 4.03. The monoisotopic (exact) mass is 309 g/mol. The lowest BCUT2D eigenvalue weighted by Gasteiger charge is -2.08. The molecule has 0 atom stereocenters. The second-order valence-corrected chi connectivity index (χ2v) is 4.44. The molecule has 0 unspecified atom stereocenters. The third kappa shape index (κ3) is 3.69. The molecule has 0 saturated heterocycles. The normalized spacial score (nSPS) is 10.2. The summed E-state index contributed by atoms with van der Waals surface area (Å²) in [6, 6.07) is 4.43. The largest absolute Gasteiger partial charge is 0.465 e. The Labute approximate surface area is 124 Å². The van der Waals surface area contributed by atoms with Crippen LogP contribution in [0.15, 0.2) is 24.5 Å². The Morgan fingerprint density at radius 1 is 1.48 bits per heavy atom. The predicted molar refractivity (Wildman–Crippen MR) is 75.9 cm³/mol. The molecule has 1 heterocycles. The number of hydrogen-bond acceptors (Lipinski definition) is 6. The first-order chi connectivity index (χ1) is 9.99. The topological polar surface area (TPSA) is 112 Å². The zero-order chi connectivity index (χ0) is 15.4. The third-order valence-electron chi connectivity index (χ3n) is 2.52. The SMILES string of the molecule is COC(=O)c1ccc(Cl)c(NC(=O)Cn2cnc(N)n2)c1. The Bertz CT molecular complexity index is 685. The molecule has 0 spiro atoms. The van der Waals surface area contributed by atoms with Crippen molar-refractivity contribution in [1.29, 1.82) is 0 Å². The van der Waals surface area contributed by atoms with Gasteiger partial charge in [-0.1, -0.05) is 11.6 Å². The molecule has 0 aliphatic carbocycles. The van der Waals surface area contributed by atoms with Gasteiger partial charge in [-0.15, -0.1) is 5.10 Å². The van der Waals surface area contributed by atoms with Crippen molar-refractivity contribution in [2.45, 2.75) is 6.54 Å². The van der Waals surface area contributed by atoms with Crippen molar-refractivity contribution < 1.29 is 14.3 Å². The zero-order valence-electron chi connectivity index (χ0n) is 11.0. The summed E-state index contributed by atoms with van der Waals surface area (Å²) in [5.41, 5.74) is 5.94. The van der Waals surface area contributed by atoms with E-state index in [-0.39, 0.29) is 24.0 Å². The van der Waals surface area contributed by atoms with E-state index in [0.29, 0.717) is 10.7 Å². The van der Waals surface area contributed by atoms with Crippen LogP contribution in [0.1, 0.15) is 10.4 Å². The van der Waals surface area contributed by atoms with Crippen LogP contribution in [-0.2, 0) is 16.1 Å². The van der Waals surface area contributed by atoms with Crippen LogP contribution in [0.3, 0.4) is 0 Å². The number of rotatable bonds is 4. The van der Waals surface area contributed by atoms with E-state index in [0.717, 1.165) is 0 Å². The first-order valence-corrected chi connectivity index (χ1v) is 6.20. The fourth-order valence-corrected chi connectivity index (χ4v) is 1.75. The number of methoxy groups -OCH3 is 1. The summed E-state index contributed by atoms with van der Waals surface area (Å²) in [5.74, 6) is -0.830. The number of nitrogen functional groups attached to an aromatic ring is 1. The smallest absolute Gasteiger partial charge is 0.337 e. The molecule has 0 fully saturated rings. The minimum Gasteiger partial charge on any atom is -0.465 e. The number of anilines is 2. The van der Waals surface area contributed by atoms with Gasteiger partial charge in [0.15, 0.2) is 0 Å². The number of halogens is 1. The molecule has 0 radical (unpaired) electrons. The van der Waals surface area contributed by atoms with Crippen LogP contribution in [0, 0.1) is 0 Å². The molecular formula is C12H12ClN5O3. The highest BCUT2D eigenvalue weighted by Crippen LogP contribution is 2.23. The summed E-state index contributed by atoms with van der Waals surface area (Å²) >= 11 is 5.97. The summed E-state index contributed by atoms with van der Waals surface area (Å²) in [4.78, 5) is 27.0. The van der Waals surface area contributed by atoms with E-state index in [4.69, 9.17) is 17.3 Å². The lowest BCUT2D eigenvalue weighted by Crippen LogP contribution is -2.19. The molecule has 3 N–H and O–H groups in total. The lowest BCUT2D eigenvalue weighted by atomic mass is 10.2. The van der Waals surface area contributed by atoms with Gasteiger partial charge in [-0.2, -0.15) is 0 Å². The summed E-state index contributed by atoms with van der Waals surface area (Å²) < 4.78 is 5.88. The molecule has 21 heavy (non-hydrogen) atoms. The Hall–Kier alpha value is -2.61. The number of amides is 1. The standard InChI is InChI=1S/C12H12ClN5O3/c1-21-11(20)7-2-3-8(13)9(4-7)16-10(19)5-18-6-15-12(14)17-18/h2-4,6H,5H2,1H3,(H2,14,17)(H,16,19). The Kier molecular flexibility index (Phi) is 4.39. The van der Waals surface area contributed by atoms with E-state index in [2.05, 4.69) is 20.1 Å². The minimum absolute atomic E-state index is 0.0773. The first kappa shape index (κ1) is 14.8. The summed E-state index contributed by atoms with van der Waals surface area (Å²) in [6.45, 7) is -0.0804. The number of ether oxygens (including phenoxy) is 1. The van der Waals surface area contributed by atoms with Gasteiger partial charge in [0.05, 0.1) is 23.4 Å². The first-order valence-electron chi connectivity index (χ1n) is 5.82. The maximum absolute atomic E-state index is 11.9. The number of carbonyl (C=O) groups excluding carboxylic acids is 2. The fourth-order valence-electron chi connectivity index (χ4n) is 1.59. The van der Waals surface area contributed by atoms with E-state index >= 15 is 0 Å². The number of nitrogens with two attached hydrogens (primary N) is 1. The average molecular weight is 310 g/mol. The van der Waals surface area contributed by atoms with Crippen LogP contribution in [0.4, 0.5) is 11.6 Å². The Morgan fingerprint density at radius 3 is 2.86 bits per heavy atom. The molecule has 110 valence electrons. The number of esters is 1. The molecule has 1 amide bonds. The van der Waals surface area contributed by atoms with Crippen molar-refractivity contribution >= 4 is 35.1 Å². The number of hydrogen-bond donors (Lipinski definition) is 2. The molecule has 8 nitrogen and oxygen atoms in total. The van der Waals surface area contributed by atoms with Gasteiger partial charge in [-0.25, -0.2) is 14.5 Å². The van der Waals surface area contributed by atoms with Gasteiger partial charge in [-0.05, 0) is 18.2 Å². The molecule has 0 bridgehead atoms. The van der Waals surface area contributed by atoms with Crippen molar-refractivity contribution in [3.63, 3.8) is 0 Å². The molecule has 0 aliphatic rings. The molecule has 0 aliphatic heterocycles. The molecule has 0 saturated carbocycles.